The lowest BCUT2D eigenvalue weighted by atomic mass is 10.1. The molecule has 2 aromatic carbocycles. The number of ether oxygens (including phenoxy) is 1. The number of imide groups is 1. The van der Waals surface area contributed by atoms with Gasteiger partial charge in [-0.15, -0.1) is 0 Å². The fourth-order valence-electron chi connectivity index (χ4n) is 4.77. The van der Waals surface area contributed by atoms with Gasteiger partial charge in [0.25, 0.3) is 5.91 Å². The Bertz CT molecular complexity index is 1160. The van der Waals surface area contributed by atoms with Gasteiger partial charge in [-0.25, -0.2) is 9.79 Å². The molecule has 8 nitrogen and oxygen atoms in total. The van der Waals surface area contributed by atoms with Gasteiger partial charge in [-0.1, -0.05) is 36.4 Å². The number of fused-ring (bicyclic) bond motifs is 3. The average molecular weight is 446 g/mol. The summed E-state index contributed by atoms with van der Waals surface area (Å²) >= 11 is 0. The van der Waals surface area contributed by atoms with E-state index in [0.717, 1.165) is 28.1 Å². The highest BCUT2D eigenvalue weighted by molar-refractivity contribution is 6.16. The molecule has 0 radical (unpaired) electrons. The van der Waals surface area contributed by atoms with E-state index in [1.54, 1.807) is 19.1 Å². The van der Waals surface area contributed by atoms with Gasteiger partial charge in [-0.2, -0.15) is 0 Å². The van der Waals surface area contributed by atoms with Gasteiger partial charge in [0, 0.05) is 31.6 Å². The van der Waals surface area contributed by atoms with Gasteiger partial charge < -0.3 is 9.64 Å². The van der Waals surface area contributed by atoms with E-state index < -0.39 is 12.2 Å². The van der Waals surface area contributed by atoms with Crippen molar-refractivity contribution in [3.8, 4) is 0 Å². The number of urea groups is 1. The number of carbonyl (C=O) groups is 2. The minimum Gasteiger partial charge on any atom is -0.383 e. The number of methoxy groups -OCH3 is 1. The summed E-state index contributed by atoms with van der Waals surface area (Å²) in [6.45, 7) is 4.63. The van der Waals surface area contributed by atoms with Gasteiger partial charge in [0.05, 0.1) is 18.8 Å². The maximum Gasteiger partial charge on any atom is 0.328 e. The number of anilines is 1. The molecule has 8 heteroatoms. The summed E-state index contributed by atoms with van der Waals surface area (Å²) < 4.78 is 5.12. The number of hydrogen-bond donors (Lipinski definition) is 0. The standard InChI is InChI=1S/C25H27N5O3/c1-16-12-17(2)14-19(13-16)30-20(18-8-6-5-7-9-18)15-29-21-22(26-24(29)30)27(3)25(32)28(23(21)31)10-11-33-4/h5-9,12-15,21-22H,10-11H2,1-4H3. The number of amides is 3. The van der Waals surface area contributed by atoms with Crippen LogP contribution < -0.4 is 4.90 Å². The van der Waals surface area contributed by atoms with Crippen molar-refractivity contribution in [2.24, 2.45) is 4.99 Å². The fraction of sp³-hybridized carbons (Fsp3) is 0.320. The summed E-state index contributed by atoms with van der Waals surface area (Å²) in [4.78, 5) is 38.1. The molecule has 3 aliphatic heterocycles. The normalized spacial score (nSPS) is 21.9. The molecule has 1 fully saturated rings. The number of rotatable bonds is 5. The zero-order valence-electron chi connectivity index (χ0n) is 19.2. The summed E-state index contributed by atoms with van der Waals surface area (Å²) in [5.41, 5.74) is 5.21. The van der Waals surface area contributed by atoms with Crippen molar-refractivity contribution in [1.29, 1.82) is 0 Å². The monoisotopic (exact) mass is 445 g/mol. The van der Waals surface area contributed by atoms with Crippen LogP contribution in [0.4, 0.5) is 10.5 Å². The highest BCUT2D eigenvalue weighted by atomic mass is 16.5. The lowest BCUT2D eigenvalue weighted by Gasteiger charge is -2.40. The van der Waals surface area contributed by atoms with Crippen LogP contribution in [0.25, 0.3) is 5.70 Å². The predicted octanol–water partition coefficient (Wildman–Crippen LogP) is 3.03. The van der Waals surface area contributed by atoms with E-state index in [9.17, 15) is 9.59 Å². The van der Waals surface area contributed by atoms with Gasteiger partial charge in [0.2, 0.25) is 5.96 Å². The molecule has 1 saturated heterocycles. The number of guanidine groups is 1. The van der Waals surface area contributed by atoms with E-state index in [0.29, 0.717) is 5.96 Å². The van der Waals surface area contributed by atoms with Crippen LogP contribution in [0.2, 0.25) is 0 Å². The van der Waals surface area contributed by atoms with Gasteiger partial charge >= 0.3 is 6.03 Å². The van der Waals surface area contributed by atoms with Crippen molar-refractivity contribution in [1.82, 2.24) is 14.7 Å². The minimum absolute atomic E-state index is 0.209. The highest BCUT2D eigenvalue weighted by Crippen LogP contribution is 2.40. The van der Waals surface area contributed by atoms with Crippen LogP contribution >= 0.6 is 0 Å². The zero-order valence-corrected chi connectivity index (χ0v) is 19.2. The Morgan fingerprint density at radius 2 is 1.73 bits per heavy atom. The molecule has 3 heterocycles. The Labute approximate surface area is 193 Å². The van der Waals surface area contributed by atoms with E-state index in [4.69, 9.17) is 9.73 Å². The van der Waals surface area contributed by atoms with Gasteiger partial charge in [-0.05, 0) is 37.1 Å². The van der Waals surface area contributed by atoms with Crippen molar-refractivity contribution in [2.45, 2.75) is 26.1 Å². The zero-order chi connectivity index (χ0) is 23.3. The molecule has 3 aliphatic rings. The molecule has 0 N–H and O–H groups in total. The molecule has 170 valence electrons. The van der Waals surface area contributed by atoms with Crippen LogP contribution in [0.1, 0.15) is 16.7 Å². The van der Waals surface area contributed by atoms with Crippen molar-refractivity contribution in [2.75, 3.05) is 32.2 Å². The van der Waals surface area contributed by atoms with Gasteiger partial charge in [0.1, 0.15) is 0 Å². The largest absolute Gasteiger partial charge is 0.383 e. The number of hydrogen-bond acceptors (Lipinski definition) is 6. The summed E-state index contributed by atoms with van der Waals surface area (Å²) in [6.07, 6.45) is 1.40. The smallest absolute Gasteiger partial charge is 0.328 e. The Hall–Kier alpha value is -3.65. The van der Waals surface area contributed by atoms with E-state index >= 15 is 0 Å². The molecule has 0 bridgehead atoms. The van der Waals surface area contributed by atoms with Crippen molar-refractivity contribution in [3.05, 3.63) is 71.4 Å². The second kappa shape index (κ2) is 8.04. The van der Waals surface area contributed by atoms with E-state index in [-0.39, 0.29) is 25.1 Å². The SMILES string of the molecule is COCCN1C(=O)C2C(N=C3N(c4cc(C)cc(C)c4)C(c4ccccc4)=CN32)N(C)C1=O. The van der Waals surface area contributed by atoms with Gasteiger partial charge in [0.15, 0.2) is 12.2 Å². The maximum atomic E-state index is 13.5. The Morgan fingerprint density at radius 1 is 1.03 bits per heavy atom. The first-order valence-electron chi connectivity index (χ1n) is 11.0. The third kappa shape index (κ3) is 3.38. The molecule has 5 rings (SSSR count). The lowest BCUT2D eigenvalue weighted by Crippen LogP contribution is -2.64. The molecular formula is C25H27N5O3. The number of carbonyl (C=O) groups excluding carboxylic acids is 2. The third-order valence-corrected chi connectivity index (χ3v) is 6.26. The second-order valence-electron chi connectivity index (χ2n) is 8.63. The van der Waals surface area contributed by atoms with Crippen molar-refractivity contribution >= 4 is 29.3 Å². The van der Waals surface area contributed by atoms with Crippen LogP contribution in [-0.2, 0) is 9.53 Å². The predicted molar refractivity (Wildman–Crippen MR) is 126 cm³/mol. The number of likely N-dealkylation sites (N-methyl/N-ethyl adjacent to an activating group) is 1. The summed E-state index contributed by atoms with van der Waals surface area (Å²) in [5.74, 6) is 0.389. The molecule has 0 spiro atoms. The van der Waals surface area contributed by atoms with Crippen LogP contribution in [0.15, 0.2) is 59.7 Å². The van der Waals surface area contributed by atoms with Crippen molar-refractivity contribution < 1.29 is 14.3 Å². The van der Waals surface area contributed by atoms with E-state index in [1.165, 1.54) is 4.90 Å². The van der Waals surface area contributed by atoms with Crippen LogP contribution in [0.5, 0.6) is 0 Å². The molecule has 2 atom stereocenters. The number of nitrogens with zero attached hydrogens (tertiary/aromatic N) is 5. The average Bonchev–Trinajstić information content (AvgIpc) is 3.34. The molecule has 2 aromatic rings. The first-order valence-corrected chi connectivity index (χ1v) is 11.0. The molecular weight excluding hydrogens is 418 g/mol. The Kier molecular flexibility index (Phi) is 5.17. The number of benzene rings is 2. The highest BCUT2D eigenvalue weighted by Gasteiger charge is 2.54. The lowest BCUT2D eigenvalue weighted by molar-refractivity contribution is -0.137. The Morgan fingerprint density at radius 3 is 2.39 bits per heavy atom. The van der Waals surface area contributed by atoms with E-state index in [2.05, 4.69) is 36.9 Å². The quantitative estimate of drug-likeness (QED) is 0.708. The molecule has 0 aliphatic carbocycles. The molecule has 0 aromatic heterocycles. The molecule has 2 unspecified atom stereocenters. The first kappa shape index (κ1) is 21.2. The summed E-state index contributed by atoms with van der Waals surface area (Å²) in [7, 11) is 3.25. The summed E-state index contributed by atoms with van der Waals surface area (Å²) in [5, 5.41) is 0. The van der Waals surface area contributed by atoms with Crippen molar-refractivity contribution in [3.63, 3.8) is 0 Å². The Balaban J connectivity index is 1.61. The summed E-state index contributed by atoms with van der Waals surface area (Å²) in [6, 6.07) is 15.4. The second-order valence-corrected chi connectivity index (χ2v) is 8.63. The van der Waals surface area contributed by atoms with Gasteiger partial charge in [-0.3, -0.25) is 19.5 Å². The first-order chi connectivity index (χ1) is 15.9. The maximum absolute atomic E-state index is 13.5. The molecule has 0 saturated carbocycles. The molecule has 3 amide bonds. The third-order valence-electron chi connectivity index (χ3n) is 6.26. The number of aliphatic imine (C=N–C) groups is 1. The number of aryl methyl sites for hydroxylation is 2. The minimum atomic E-state index is -0.617. The van der Waals surface area contributed by atoms with Crippen LogP contribution in [0.3, 0.4) is 0 Å². The van der Waals surface area contributed by atoms with E-state index in [1.807, 2.05) is 41.4 Å². The van der Waals surface area contributed by atoms with Crippen LogP contribution in [0, 0.1) is 13.8 Å². The van der Waals surface area contributed by atoms with Crippen LogP contribution in [-0.4, -0.2) is 72.1 Å². The fourth-order valence-corrected chi connectivity index (χ4v) is 4.77. The topological polar surface area (TPSA) is 68.7 Å². The molecule has 33 heavy (non-hydrogen) atoms.